The third-order valence-corrected chi connectivity index (χ3v) is 5.98. The number of hydrogen-bond acceptors (Lipinski definition) is 2. The zero-order valence-corrected chi connectivity index (χ0v) is 11.8. The Morgan fingerprint density at radius 1 is 1.22 bits per heavy atom. The Balaban J connectivity index is 2.16. The minimum atomic E-state index is -1.08. The molecule has 0 saturated carbocycles. The fourth-order valence-electron chi connectivity index (χ4n) is 2.14. The predicted octanol–water partition coefficient (Wildman–Crippen LogP) is 3.88. The van der Waals surface area contributed by atoms with Crippen LogP contribution in [0.4, 0.5) is 0 Å². The Hall–Kier alpha value is -1.35. The van der Waals surface area contributed by atoms with Crippen molar-refractivity contribution >= 4 is 10.0 Å². The van der Waals surface area contributed by atoms with Crippen molar-refractivity contribution in [3.63, 3.8) is 0 Å². The van der Waals surface area contributed by atoms with Crippen LogP contribution in [0.15, 0.2) is 52.6 Å². The van der Waals surface area contributed by atoms with Crippen molar-refractivity contribution in [2.75, 3.05) is 12.8 Å². The van der Waals surface area contributed by atoms with Crippen LogP contribution in [0.2, 0.25) is 0 Å². The molecule has 2 nitrogen and oxygen atoms in total. The summed E-state index contributed by atoms with van der Waals surface area (Å²) in [6.45, 7) is 3.12. The van der Waals surface area contributed by atoms with Gasteiger partial charge in [0.25, 0.3) is 0 Å². The van der Waals surface area contributed by atoms with Crippen molar-refractivity contribution in [3.05, 3.63) is 58.2 Å². The lowest BCUT2D eigenvalue weighted by molar-refractivity contribution is 0.434. The van der Waals surface area contributed by atoms with Gasteiger partial charge in [-0.3, -0.25) is 0 Å². The fraction of sp³-hybridized carbons (Fsp3) is 0.333. The summed E-state index contributed by atoms with van der Waals surface area (Å²) < 4.78 is 0. The third kappa shape index (κ3) is 2.91. The van der Waals surface area contributed by atoms with Crippen LogP contribution in [-0.2, 0) is 5.75 Å². The van der Waals surface area contributed by atoms with Gasteiger partial charge >= 0.3 is 0 Å². The lowest BCUT2D eigenvalue weighted by Gasteiger charge is -2.32. The standard InChI is InChI=1S/C15H21NOS/c1-3-9-16-15-10-14(17)12-18(15,2)11-13-7-5-4-6-8-13/h4-8,10,12,16-17H,3,9,11H2,1-2H3. The zero-order chi connectivity index (χ0) is 13.0. The number of aliphatic hydroxyl groups is 1. The van der Waals surface area contributed by atoms with E-state index in [0.717, 1.165) is 18.7 Å². The molecule has 0 fully saturated rings. The zero-order valence-electron chi connectivity index (χ0n) is 11.0. The molecule has 2 N–H and O–H groups in total. The lowest BCUT2D eigenvalue weighted by Crippen LogP contribution is -2.17. The molecule has 1 aromatic carbocycles. The Kier molecular flexibility index (Phi) is 4.02. The number of hydrogen-bond donors (Lipinski definition) is 2. The molecule has 0 aromatic heterocycles. The van der Waals surface area contributed by atoms with Gasteiger partial charge in [-0.2, -0.15) is 10.0 Å². The summed E-state index contributed by atoms with van der Waals surface area (Å²) in [5, 5.41) is 16.5. The first kappa shape index (κ1) is 13.1. The number of rotatable bonds is 5. The molecule has 98 valence electrons. The van der Waals surface area contributed by atoms with Gasteiger partial charge < -0.3 is 10.4 Å². The van der Waals surface area contributed by atoms with Gasteiger partial charge in [0.1, 0.15) is 5.76 Å². The molecule has 0 bridgehead atoms. The first-order valence-electron chi connectivity index (χ1n) is 6.30. The minimum Gasteiger partial charge on any atom is -0.507 e. The number of benzene rings is 1. The molecule has 1 heterocycles. The van der Waals surface area contributed by atoms with Crippen LogP contribution in [-0.4, -0.2) is 17.9 Å². The highest BCUT2D eigenvalue weighted by Gasteiger charge is 2.27. The van der Waals surface area contributed by atoms with Crippen molar-refractivity contribution in [3.8, 4) is 0 Å². The van der Waals surface area contributed by atoms with Gasteiger partial charge in [0.05, 0.1) is 5.03 Å². The largest absolute Gasteiger partial charge is 0.507 e. The first-order valence-corrected chi connectivity index (χ1v) is 8.57. The molecule has 1 aromatic rings. The van der Waals surface area contributed by atoms with Gasteiger partial charge in [0.15, 0.2) is 0 Å². The normalized spacial score (nSPS) is 26.1. The SMILES string of the molecule is CCCNC1=CC(O)=CS1(C)Cc1ccccc1. The van der Waals surface area contributed by atoms with Gasteiger partial charge in [0.2, 0.25) is 0 Å². The summed E-state index contributed by atoms with van der Waals surface area (Å²) in [6, 6.07) is 10.5. The Labute approximate surface area is 111 Å². The summed E-state index contributed by atoms with van der Waals surface area (Å²) in [5.74, 6) is 1.39. The maximum absolute atomic E-state index is 9.78. The fourth-order valence-corrected chi connectivity index (χ4v) is 4.81. The topological polar surface area (TPSA) is 32.3 Å². The van der Waals surface area contributed by atoms with Crippen LogP contribution < -0.4 is 5.32 Å². The molecule has 0 saturated heterocycles. The van der Waals surface area contributed by atoms with E-state index in [9.17, 15) is 5.11 Å². The van der Waals surface area contributed by atoms with E-state index >= 15 is 0 Å². The molecular weight excluding hydrogens is 242 g/mol. The Bertz CT molecular complexity index is 467. The monoisotopic (exact) mass is 263 g/mol. The Morgan fingerprint density at radius 3 is 2.61 bits per heavy atom. The van der Waals surface area contributed by atoms with E-state index in [1.807, 2.05) is 17.6 Å². The average Bonchev–Trinajstić information content (AvgIpc) is 2.62. The highest BCUT2D eigenvalue weighted by molar-refractivity contribution is 8.38. The van der Waals surface area contributed by atoms with Crippen molar-refractivity contribution in [2.24, 2.45) is 0 Å². The molecule has 1 aliphatic heterocycles. The number of aliphatic hydroxyl groups excluding tert-OH is 1. The second-order valence-corrected chi connectivity index (χ2v) is 8.04. The van der Waals surface area contributed by atoms with Crippen molar-refractivity contribution in [1.82, 2.24) is 5.32 Å². The van der Waals surface area contributed by atoms with Crippen LogP contribution in [0.3, 0.4) is 0 Å². The van der Waals surface area contributed by atoms with Crippen LogP contribution in [0, 0.1) is 0 Å². The molecule has 1 unspecified atom stereocenters. The molecule has 0 spiro atoms. The molecule has 3 heteroatoms. The predicted molar refractivity (Wildman–Crippen MR) is 80.7 cm³/mol. The minimum absolute atomic E-state index is 0.405. The second-order valence-electron chi connectivity index (χ2n) is 4.77. The van der Waals surface area contributed by atoms with Crippen LogP contribution in [0.25, 0.3) is 0 Å². The highest BCUT2D eigenvalue weighted by Crippen LogP contribution is 2.59. The van der Waals surface area contributed by atoms with E-state index in [4.69, 9.17) is 0 Å². The van der Waals surface area contributed by atoms with E-state index in [1.54, 1.807) is 0 Å². The maximum Gasteiger partial charge on any atom is 0.123 e. The Morgan fingerprint density at radius 2 is 1.94 bits per heavy atom. The maximum atomic E-state index is 9.78. The second kappa shape index (κ2) is 5.53. The molecule has 18 heavy (non-hydrogen) atoms. The van der Waals surface area contributed by atoms with Crippen molar-refractivity contribution in [1.29, 1.82) is 0 Å². The average molecular weight is 263 g/mol. The first-order chi connectivity index (χ1) is 8.64. The van der Waals surface area contributed by atoms with E-state index in [2.05, 4.69) is 42.8 Å². The van der Waals surface area contributed by atoms with E-state index in [0.29, 0.717) is 5.76 Å². The van der Waals surface area contributed by atoms with Crippen LogP contribution >= 0.6 is 10.0 Å². The van der Waals surface area contributed by atoms with E-state index in [1.165, 1.54) is 10.6 Å². The van der Waals surface area contributed by atoms with Crippen LogP contribution in [0.5, 0.6) is 0 Å². The van der Waals surface area contributed by atoms with Crippen LogP contribution in [0.1, 0.15) is 18.9 Å². The summed E-state index contributed by atoms with van der Waals surface area (Å²) >= 11 is 0. The molecule has 0 radical (unpaired) electrons. The summed E-state index contributed by atoms with van der Waals surface area (Å²) in [4.78, 5) is 0. The van der Waals surface area contributed by atoms with E-state index < -0.39 is 10.0 Å². The number of allylic oxidation sites excluding steroid dienone is 1. The molecule has 1 atom stereocenters. The van der Waals surface area contributed by atoms with E-state index in [-0.39, 0.29) is 0 Å². The molecule has 1 aliphatic rings. The summed E-state index contributed by atoms with van der Waals surface area (Å²) in [6.07, 6.45) is 5.23. The molecule has 0 amide bonds. The van der Waals surface area contributed by atoms with Gasteiger partial charge in [-0.15, -0.1) is 0 Å². The summed E-state index contributed by atoms with van der Waals surface area (Å²) in [5.41, 5.74) is 1.32. The number of nitrogens with one attached hydrogen (secondary N) is 1. The lowest BCUT2D eigenvalue weighted by atomic mass is 10.2. The molecular formula is C15H21NOS. The molecule has 0 aliphatic carbocycles. The highest BCUT2D eigenvalue weighted by atomic mass is 32.3. The third-order valence-electron chi connectivity index (χ3n) is 3.02. The van der Waals surface area contributed by atoms with Gasteiger partial charge in [-0.25, -0.2) is 0 Å². The summed E-state index contributed by atoms with van der Waals surface area (Å²) in [7, 11) is -1.08. The van der Waals surface area contributed by atoms with Gasteiger partial charge in [-0.05, 0) is 18.2 Å². The quantitative estimate of drug-likeness (QED) is 0.845. The smallest absolute Gasteiger partial charge is 0.123 e. The molecule has 2 rings (SSSR count). The van der Waals surface area contributed by atoms with Gasteiger partial charge in [-0.1, -0.05) is 37.3 Å². The van der Waals surface area contributed by atoms with Gasteiger partial charge in [0, 0.05) is 23.8 Å². The van der Waals surface area contributed by atoms with Crippen molar-refractivity contribution in [2.45, 2.75) is 19.1 Å². The van der Waals surface area contributed by atoms with Crippen molar-refractivity contribution < 1.29 is 5.11 Å².